The summed E-state index contributed by atoms with van der Waals surface area (Å²) in [5.74, 6) is -0.964. The lowest BCUT2D eigenvalue weighted by Crippen LogP contribution is -2.18. The number of nitriles is 1. The van der Waals surface area contributed by atoms with Crippen molar-refractivity contribution in [1.29, 1.82) is 5.26 Å². The summed E-state index contributed by atoms with van der Waals surface area (Å²) in [4.78, 5) is 16.4. The molecule has 1 aromatic heterocycles. The fraction of sp³-hybridized carbons (Fsp3) is 0.400. The van der Waals surface area contributed by atoms with Gasteiger partial charge in [-0.05, 0) is 25.0 Å². The van der Waals surface area contributed by atoms with Gasteiger partial charge in [0.25, 0.3) is 0 Å². The number of hydrogen-bond acceptors (Lipinski definition) is 5. The van der Waals surface area contributed by atoms with E-state index in [4.69, 9.17) is 9.15 Å². The number of aromatic nitrogens is 1. The summed E-state index contributed by atoms with van der Waals surface area (Å²) >= 11 is 0. The van der Waals surface area contributed by atoms with Crippen molar-refractivity contribution in [3.63, 3.8) is 0 Å². The van der Waals surface area contributed by atoms with Gasteiger partial charge in [-0.25, -0.2) is 4.98 Å². The quantitative estimate of drug-likeness (QED) is 0.853. The topological polar surface area (TPSA) is 76.1 Å². The summed E-state index contributed by atoms with van der Waals surface area (Å²) < 4.78 is 10.9. The van der Waals surface area contributed by atoms with E-state index in [1.807, 2.05) is 18.2 Å². The van der Waals surface area contributed by atoms with E-state index in [0.717, 1.165) is 12.8 Å². The van der Waals surface area contributed by atoms with Crippen LogP contribution in [-0.2, 0) is 9.53 Å². The zero-order valence-corrected chi connectivity index (χ0v) is 10.9. The van der Waals surface area contributed by atoms with Crippen molar-refractivity contribution in [2.24, 2.45) is 0 Å². The number of benzene rings is 1. The van der Waals surface area contributed by atoms with Crippen LogP contribution < -0.4 is 0 Å². The van der Waals surface area contributed by atoms with E-state index < -0.39 is 5.92 Å². The summed E-state index contributed by atoms with van der Waals surface area (Å²) in [7, 11) is 0. The summed E-state index contributed by atoms with van der Waals surface area (Å²) in [6.07, 6.45) is 2.02. The molecular formula is C15H14N2O3. The molecule has 2 atom stereocenters. The predicted molar refractivity (Wildman–Crippen MR) is 71.0 cm³/mol. The van der Waals surface area contributed by atoms with Gasteiger partial charge in [-0.3, -0.25) is 4.79 Å². The molecule has 0 N–H and O–H groups in total. The average molecular weight is 270 g/mol. The van der Waals surface area contributed by atoms with E-state index in [1.165, 1.54) is 0 Å². The van der Waals surface area contributed by atoms with Gasteiger partial charge in [-0.1, -0.05) is 12.1 Å². The SMILES string of the molecule is N#C[C@H](C(=O)C[C@@H]1CCCO1)c1nc2ccccc2o1. The van der Waals surface area contributed by atoms with Gasteiger partial charge in [0.2, 0.25) is 5.89 Å². The average Bonchev–Trinajstić information content (AvgIpc) is 3.08. The Kier molecular flexibility index (Phi) is 3.48. The highest BCUT2D eigenvalue weighted by Gasteiger charge is 2.29. The Morgan fingerprint density at radius 1 is 1.50 bits per heavy atom. The molecular weight excluding hydrogens is 256 g/mol. The maximum absolute atomic E-state index is 12.2. The molecule has 0 amide bonds. The van der Waals surface area contributed by atoms with E-state index >= 15 is 0 Å². The molecule has 2 aromatic rings. The lowest BCUT2D eigenvalue weighted by atomic mass is 9.99. The molecule has 5 heteroatoms. The maximum atomic E-state index is 12.2. The first-order valence-electron chi connectivity index (χ1n) is 6.67. The monoisotopic (exact) mass is 270 g/mol. The van der Waals surface area contributed by atoms with Crippen molar-refractivity contribution in [3.8, 4) is 6.07 Å². The Bertz CT molecular complexity index is 632. The maximum Gasteiger partial charge on any atom is 0.220 e. The van der Waals surface area contributed by atoms with Crippen molar-refractivity contribution in [3.05, 3.63) is 30.2 Å². The second kappa shape index (κ2) is 5.43. The molecule has 1 saturated heterocycles. The Labute approximate surface area is 116 Å². The lowest BCUT2D eigenvalue weighted by Gasteiger charge is -2.09. The third-order valence-corrected chi connectivity index (χ3v) is 3.46. The highest BCUT2D eigenvalue weighted by atomic mass is 16.5. The minimum absolute atomic E-state index is 0.0669. The van der Waals surface area contributed by atoms with E-state index in [0.29, 0.717) is 17.7 Å². The molecule has 1 aromatic carbocycles. The third kappa shape index (κ3) is 2.43. The van der Waals surface area contributed by atoms with Crippen LogP contribution in [0.3, 0.4) is 0 Å². The van der Waals surface area contributed by atoms with Gasteiger partial charge in [0.05, 0.1) is 12.2 Å². The second-order valence-electron chi connectivity index (χ2n) is 4.89. The van der Waals surface area contributed by atoms with Gasteiger partial charge in [-0.15, -0.1) is 0 Å². The first kappa shape index (κ1) is 12.8. The highest BCUT2D eigenvalue weighted by Crippen LogP contribution is 2.25. The van der Waals surface area contributed by atoms with E-state index in [2.05, 4.69) is 4.98 Å². The van der Waals surface area contributed by atoms with Gasteiger partial charge < -0.3 is 9.15 Å². The number of ketones is 1. The van der Waals surface area contributed by atoms with Crippen LogP contribution in [0.5, 0.6) is 0 Å². The molecule has 0 radical (unpaired) electrons. The fourth-order valence-electron chi connectivity index (χ4n) is 2.43. The molecule has 1 aliphatic heterocycles. The number of para-hydroxylation sites is 2. The summed E-state index contributed by atoms with van der Waals surface area (Å²) in [5.41, 5.74) is 1.25. The Balaban J connectivity index is 1.81. The molecule has 5 nitrogen and oxygen atoms in total. The molecule has 0 bridgehead atoms. The molecule has 0 spiro atoms. The molecule has 3 rings (SSSR count). The van der Waals surface area contributed by atoms with Crippen LogP contribution in [0, 0.1) is 11.3 Å². The molecule has 2 heterocycles. The number of hydrogen-bond donors (Lipinski definition) is 0. The summed E-state index contributed by atoms with van der Waals surface area (Å²) in [6.45, 7) is 0.693. The van der Waals surface area contributed by atoms with E-state index in [-0.39, 0.29) is 24.2 Å². The van der Waals surface area contributed by atoms with E-state index in [1.54, 1.807) is 12.1 Å². The number of rotatable bonds is 4. The van der Waals surface area contributed by atoms with Gasteiger partial charge >= 0.3 is 0 Å². The van der Waals surface area contributed by atoms with Crippen molar-refractivity contribution in [1.82, 2.24) is 4.98 Å². The third-order valence-electron chi connectivity index (χ3n) is 3.46. The number of carbonyl (C=O) groups is 1. The Morgan fingerprint density at radius 3 is 3.05 bits per heavy atom. The molecule has 0 unspecified atom stereocenters. The van der Waals surface area contributed by atoms with Crippen LogP contribution in [0.4, 0.5) is 0 Å². The second-order valence-corrected chi connectivity index (χ2v) is 4.89. The number of nitrogens with zero attached hydrogens (tertiary/aromatic N) is 2. The number of oxazole rings is 1. The van der Waals surface area contributed by atoms with Gasteiger partial charge in [-0.2, -0.15) is 5.26 Å². The zero-order chi connectivity index (χ0) is 13.9. The predicted octanol–water partition coefficient (Wildman–Crippen LogP) is 2.57. The number of ether oxygens (including phenoxy) is 1. The molecule has 1 aliphatic rings. The minimum atomic E-state index is -0.952. The van der Waals surface area contributed by atoms with Crippen molar-refractivity contribution >= 4 is 16.9 Å². The summed E-state index contributed by atoms with van der Waals surface area (Å²) in [6, 6.07) is 9.22. The van der Waals surface area contributed by atoms with Crippen LogP contribution >= 0.6 is 0 Å². The Morgan fingerprint density at radius 2 is 2.35 bits per heavy atom. The van der Waals surface area contributed by atoms with Crippen LogP contribution in [0.1, 0.15) is 31.1 Å². The molecule has 20 heavy (non-hydrogen) atoms. The number of Topliss-reactive ketones (excluding diaryl/α,β-unsaturated/α-hetero) is 1. The smallest absolute Gasteiger partial charge is 0.220 e. The molecule has 102 valence electrons. The van der Waals surface area contributed by atoms with Crippen molar-refractivity contribution < 1.29 is 13.9 Å². The fourth-order valence-corrected chi connectivity index (χ4v) is 2.43. The van der Waals surface area contributed by atoms with Crippen molar-refractivity contribution in [2.75, 3.05) is 6.61 Å². The number of fused-ring (bicyclic) bond motifs is 1. The van der Waals surface area contributed by atoms with Crippen molar-refractivity contribution in [2.45, 2.75) is 31.3 Å². The van der Waals surface area contributed by atoms with Crippen LogP contribution in [0.2, 0.25) is 0 Å². The molecule has 0 aliphatic carbocycles. The largest absolute Gasteiger partial charge is 0.439 e. The van der Waals surface area contributed by atoms with Gasteiger partial charge in [0, 0.05) is 13.0 Å². The normalized spacial score (nSPS) is 19.9. The first-order chi connectivity index (χ1) is 9.78. The zero-order valence-electron chi connectivity index (χ0n) is 10.9. The van der Waals surface area contributed by atoms with Crippen LogP contribution in [0.15, 0.2) is 28.7 Å². The Hall–Kier alpha value is -2.19. The summed E-state index contributed by atoms with van der Waals surface area (Å²) in [5, 5.41) is 9.24. The standard InChI is InChI=1S/C15H14N2O3/c16-9-11(13(18)8-10-4-3-7-19-10)15-17-12-5-1-2-6-14(12)20-15/h1-2,5-6,10-11H,3-4,7-8H2/t10-,11+/m0/s1. The first-order valence-corrected chi connectivity index (χ1v) is 6.67. The number of carbonyl (C=O) groups excluding carboxylic acids is 1. The molecule has 1 fully saturated rings. The highest BCUT2D eigenvalue weighted by molar-refractivity contribution is 5.88. The van der Waals surface area contributed by atoms with Gasteiger partial charge in [0.1, 0.15) is 5.52 Å². The van der Waals surface area contributed by atoms with Gasteiger partial charge in [0.15, 0.2) is 17.3 Å². The van der Waals surface area contributed by atoms with Crippen LogP contribution in [-0.4, -0.2) is 23.5 Å². The lowest BCUT2D eigenvalue weighted by molar-refractivity contribution is -0.121. The minimum Gasteiger partial charge on any atom is -0.439 e. The molecule has 0 saturated carbocycles. The van der Waals surface area contributed by atoms with E-state index in [9.17, 15) is 10.1 Å². The van der Waals surface area contributed by atoms with Crippen LogP contribution in [0.25, 0.3) is 11.1 Å².